The van der Waals surface area contributed by atoms with Crippen LogP contribution in [0, 0.1) is 5.92 Å². The summed E-state index contributed by atoms with van der Waals surface area (Å²) in [6.07, 6.45) is 3.67. The summed E-state index contributed by atoms with van der Waals surface area (Å²) in [6, 6.07) is 1.30. The standard InChI is InChI=1S/C11H18N4OS/c12-9-7-10(16)15-11(14-9)17-6-3-8-1-4-13-5-2-8/h7-8,13H,1-6H2,(H3,12,14,15,16). The number of aromatic amines is 1. The first-order valence-electron chi connectivity index (χ1n) is 5.94. The van der Waals surface area contributed by atoms with Crippen molar-refractivity contribution in [1.82, 2.24) is 15.3 Å². The summed E-state index contributed by atoms with van der Waals surface area (Å²) in [5.41, 5.74) is 5.34. The van der Waals surface area contributed by atoms with Crippen LogP contribution in [0.25, 0.3) is 0 Å². The Hall–Kier alpha value is -1.01. The number of H-pyrrole nitrogens is 1. The van der Waals surface area contributed by atoms with E-state index in [-0.39, 0.29) is 11.4 Å². The quantitative estimate of drug-likeness (QED) is 0.547. The Morgan fingerprint density at radius 1 is 1.47 bits per heavy atom. The number of piperidine rings is 1. The second-order valence-corrected chi connectivity index (χ2v) is 5.39. The van der Waals surface area contributed by atoms with E-state index < -0.39 is 0 Å². The van der Waals surface area contributed by atoms with Crippen molar-refractivity contribution in [3.8, 4) is 0 Å². The molecule has 0 amide bonds. The molecular weight excluding hydrogens is 236 g/mol. The van der Waals surface area contributed by atoms with E-state index in [1.807, 2.05) is 0 Å². The minimum atomic E-state index is -0.179. The third kappa shape index (κ3) is 4.05. The fraction of sp³-hybridized carbons (Fsp3) is 0.636. The third-order valence-electron chi connectivity index (χ3n) is 2.96. The second-order valence-electron chi connectivity index (χ2n) is 4.31. The molecular formula is C11H18N4OS. The zero-order valence-electron chi connectivity index (χ0n) is 9.74. The maximum Gasteiger partial charge on any atom is 0.253 e. The average Bonchev–Trinajstić information content (AvgIpc) is 2.29. The summed E-state index contributed by atoms with van der Waals surface area (Å²) in [4.78, 5) is 18.0. The Balaban J connectivity index is 1.79. The molecule has 0 atom stereocenters. The van der Waals surface area contributed by atoms with E-state index in [9.17, 15) is 4.79 Å². The number of nitrogens with zero attached hydrogens (tertiary/aromatic N) is 1. The normalized spacial score (nSPS) is 17.2. The summed E-state index contributed by atoms with van der Waals surface area (Å²) in [5.74, 6) is 2.08. The minimum absolute atomic E-state index is 0.179. The van der Waals surface area contributed by atoms with Gasteiger partial charge in [-0.25, -0.2) is 4.98 Å². The fourth-order valence-corrected chi connectivity index (χ4v) is 3.00. The van der Waals surface area contributed by atoms with Crippen LogP contribution in [-0.2, 0) is 0 Å². The second kappa shape index (κ2) is 6.07. The molecule has 17 heavy (non-hydrogen) atoms. The first kappa shape index (κ1) is 12.4. The van der Waals surface area contributed by atoms with Gasteiger partial charge in [0.05, 0.1) is 0 Å². The number of hydrogen-bond acceptors (Lipinski definition) is 5. The van der Waals surface area contributed by atoms with Crippen LogP contribution in [0.15, 0.2) is 16.0 Å². The zero-order chi connectivity index (χ0) is 12.1. The molecule has 2 heterocycles. The van der Waals surface area contributed by atoms with E-state index in [1.165, 1.54) is 25.3 Å². The van der Waals surface area contributed by atoms with Gasteiger partial charge in [0.2, 0.25) is 0 Å². The van der Waals surface area contributed by atoms with Gasteiger partial charge < -0.3 is 16.0 Å². The molecule has 6 heteroatoms. The van der Waals surface area contributed by atoms with Gasteiger partial charge in [0.25, 0.3) is 5.56 Å². The van der Waals surface area contributed by atoms with Crippen molar-refractivity contribution < 1.29 is 0 Å². The van der Waals surface area contributed by atoms with Gasteiger partial charge in [-0.15, -0.1) is 0 Å². The Bertz CT molecular complexity index is 414. The van der Waals surface area contributed by atoms with Gasteiger partial charge in [0, 0.05) is 11.8 Å². The Labute approximate surface area is 105 Å². The Morgan fingerprint density at radius 2 is 2.24 bits per heavy atom. The average molecular weight is 254 g/mol. The van der Waals surface area contributed by atoms with Crippen molar-refractivity contribution in [3.05, 3.63) is 16.4 Å². The molecule has 4 N–H and O–H groups in total. The molecule has 0 aliphatic carbocycles. The SMILES string of the molecule is Nc1cc(=O)[nH]c(SCCC2CCNCC2)n1. The Morgan fingerprint density at radius 3 is 2.94 bits per heavy atom. The highest BCUT2D eigenvalue weighted by atomic mass is 32.2. The number of nitrogens with two attached hydrogens (primary N) is 1. The molecule has 1 saturated heterocycles. The van der Waals surface area contributed by atoms with Crippen LogP contribution >= 0.6 is 11.8 Å². The molecule has 0 unspecified atom stereocenters. The van der Waals surface area contributed by atoms with E-state index >= 15 is 0 Å². The highest BCUT2D eigenvalue weighted by molar-refractivity contribution is 7.99. The molecule has 5 nitrogen and oxygen atoms in total. The highest BCUT2D eigenvalue weighted by Crippen LogP contribution is 2.21. The van der Waals surface area contributed by atoms with E-state index in [4.69, 9.17) is 5.73 Å². The first-order chi connectivity index (χ1) is 8.24. The zero-order valence-corrected chi connectivity index (χ0v) is 10.6. The van der Waals surface area contributed by atoms with Crippen molar-refractivity contribution in [2.75, 3.05) is 24.6 Å². The van der Waals surface area contributed by atoms with E-state index in [0.717, 1.165) is 24.8 Å². The number of rotatable bonds is 4. The predicted molar refractivity (Wildman–Crippen MR) is 70.2 cm³/mol. The molecule has 0 bridgehead atoms. The summed E-state index contributed by atoms with van der Waals surface area (Å²) >= 11 is 1.58. The van der Waals surface area contributed by atoms with Gasteiger partial charge in [-0.1, -0.05) is 11.8 Å². The fourth-order valence-electron chi connectivity index (χ4n) is 2.01. The van der Waals surface area contributed by atoms with Crippen LogP contribution in [0.5, 0.6) is 0 Å². The van der Waals surface area contributed by atoms with Gasteiger partial charge in [0.1, 0.15) is 5.82 Å². The van der Waals surface area contributed by atoms with Crippen LogP contribution in [-0.4, -0.2) is 28.8 Å². The summed E-state index contributed by atoms with van der Waals surface area (Å²) in [5, 5.41) is 3.98. The number of thioether (sulfide) groups is 1. The summed E-state index contributed by atoms with van der Waals surface area (Å²) in [7, 11) is 0. The van der Waals surface area contributed by atoms with Crippen molar-refractivity contribution in [2.45, 2.75) is 24.4 Å². The molecule has 0 spiro atoms. The van der Waals surface area contributed by atoms with Crippen LogP contribution < -0.4 is 16.6 Å². The lowest BCUT2D eigenvalue weighted by atomic mass is 9.96. The smallest absolute Gasteiger partial charge is 0.253 e. The lowest BCUT2D eigenvalue weighted by Crippen LogP contribution is -2.27. The van der Waals surface area contributed by atoms with Crippen molar-refractivity contribution in [1.29, 1.82) is 0 Å². The Kier molecular flexibility index (Phi) is 4.44. The van der Waals surface area contributed by atoms with Crippen molar-refractivity contribution in [3.63, 3.8) is 0 Å². The van der Waals surface area contributed by atoms with E-state index in [1.54, 1.807) is 11.8 Å². The van der Waals surface area contributed by atoms with Crippen molar-refractivity contribution >= 4 is 17.6 Å². The van der Waals surface area contributed by atoms with Crippen LogP contribution in [0.2, 0.25) is 0 Å². The van der Waals surface area contributed by atoms with Crippen LogP contribution in [0.4, 0.5) is 5.82 Å². The van der Waals surface area contributed by atoms with Crippen LogP contribution in [0.3, 0.4) is 0 Å². The maximum atomic E-state index is 11.2. The molecule has 1 fully saturated rings. The van der Waals surface area contributed by atoms with Gasteiger partial charge in [-0.2, -0.15) is 0 Å². The molecule has 94 valence electrons. The third-order valence-corrected chi connectivity index (χ3v) is 3.87. The molecule has 0 saturated carbocycles. The molecule has 1 aliphatic heterocycles. The molecule has 2 rings (SSSR count). The topological polar surface area (TPSA) is 83.8 Å². The summed E-state index contributed by atoms with van der Waals surface area (Å²) in [6.45, 7) is 2.26. The lowest BCUT2D eigenvalue weighted by molar-refractivity contribution is 0.367. The van der Waals surface area contributed by atoms with Gasteiger partial charge in [0.15, 0.2) is 5.16 Å². The number of nitrogen functional groups attached to an aromatic ring is 1. The van der Waals surface area contributed by atoms with Gasteiger partial charge in [-0.05, 0) is 38.3 Å². The van der Waals surface area contributed by atoms with Crippen molar-refractivity contribution in [2.24, 2.45) is 5.92 Å². The molecule has 1 aliphatic rings. The minimum Gasteiger partial charge on any atom is -0.383 e. The lowest BCUT2D eigenvalue weighted by Gasteiger charge is -2.21. The number of aromatic nitrogens is 2. The highest BCUT2D eigenvalue weighted by Gasteiger charge is 2.12. The van der Waals surface area contributed by atoms with E-state index in [2.05, 4.69) is 15.3 Å². The largest absolute Gasteiger partial charge is 0.383 e. The molecule has 1 aromatic rings. The summed E-state index contributed by atoms with van der Waals surface area (Å²) < 4.78 is 0. The number of nitrogens with one attached hydrogen (secondary N) is 2. The molecule has 0 aromatic carbocycles. The number of hydrogen-bond donors (Lipinski definition) is 3. The number of anilines is 1. The monoisotopic (exact) mass is 254 g/mol. The maximum absolute atomic E-state index is 11.2. The van der Waals surface area contributed by atoms with Gasteiger partial charge in [-0.3, -0.25) is 4.79 Å². The molecule has 1 aromatic heterocycles. The van der Waals surface area contributed by atoms with Crippen LogP contribution in [0.1, 0.15) is 19.3 Å². The van der Waals surface area contributed by atoms with E-state index in [0.29, 0.717) is 5.16 Å². The first-order valence-corrected chi connectivity index (χ1v) is 6.93. The molecule has 0 radical (unpaired) electrons. The predicted octanol–water partition coefficient (Wildman–Crippen LogP) is 0.834. The van der Waals surface area contributed by atoms with Gasteiger partial charge >= 0.3 is 0 Å².